The molecule has 194 valence electrons. The molecule has 0 fully saturated rings. The molecule has 4 aromatic rings. The zero-order chi connectivity index (χ0) is 26.7. The Morgan fingerprint density at radius 2 is 1.55 bits per heavy atom. The van der Waals surface area contributed by atoms with Crippen LogP contribution in [0.25, 0.3) is 11.3 Å². The van der Waals surface area contributed by atoms with Crippen LogP contribution in [0.15, 0.2) is 84.9 Å². The van der Waals surface area contributed by atoms with Crippen LogP contribution in [-0.2, 0) is 24.4 Å². The number of carbonyl (C=O) groups is 2. The number of rotatable bonds is 8. The lowest BCUT2D eigenvalue weighted by molar-refractivity contribution is -0.133. The molecule has 2 amide bonds. The molecule has 1 aromatic heterocycles. The third kappa shape index (κ3) is 4.85. The average Bonchev–Trinajstić information content (AvgIpc) is 3.38. The number of benzene rings is 3. The molecule has 8 heteroatoms. The van der Waals surface area contributed by atoms with Crippen LogP contribution in [0.5, 0.6) is 11.5 Å². The second kappa shape index (κ2) is 10.4. The number of aromatic nitrogens is 2. The molecule has 0 aliphatic carbocycles. The maximum absolute atomic E-state index is 13.9. The van der Waals surface area contributed by atoms with Crippen molar-refractivity contribution in [3.05, 3.63) is 102 Å². The fourth-order valence-corrected chi connectivity index (χ4v) is 4.67. The number of fused-ring (bicyclic) bond motifs is 1. The van der Waals surface area contributed by atoms with Crippen LogP contribution in [0.2, 0.25) is 0 Å². The van der Waals surface area contributed by atoms with E-state index in [1.165, 1.54) is 0 Å². The molecule has 1 N–H and O–H groups in total. The zero-order valence-electron chi connectivity index (χ0n) is 21.7. The van der Waals surface area contributed by atoms with Crippen molar-refractivity contribution in [1.29, 1.82) is 0 Å². The van der Waals surface area contributed by atoms with Crippen LogP contribution in [-0.4, -0.2) is 46.3 Å². The lowest BCUT2D eigenvalue weighted by Crippen LogP contribution is -2.63. The first kappa shape index (κ1) is 25.1. The Morgan fingerprint density at radius 1 is 0.921 bits per heavy atom. The van der Waals surface area contributed by atoms with Gasteiger partial charge >= 0.3 is 0 Å². The van der Waals surface area contributed by atoms with Crippen molar-refractivity contribution < 1.29 is 19.1 Å². The van der Waals surface area contributed by atoms with Gasteiger partial charge in [-0.25, -0.2) is 0 Å². The number of carbonyl (C=O) groups excluding carboxylic acids is 2. The molecular weight excluding hydrogens is 480 g/mol. The Morgan fingerprint density at radius 3 is 2.18 bits per heavy atom. The van der Waals surface area contributed by atoms with Crippen LogP contribution in [0.1, 0.15) is 28.5 Å². The molecule has 0 bridgehead atoms. The Kier molecular flexibility index (Phi) is 6.87. The van der Waals surface area contributed by atoms with Crippen LogP contribution in [0.3, 0.4) is 0 Å². The van der Waals surface area contributed by atoms with Crippen LogP contribution in [0, 0.1) is 0 Å². The Hall–Kier alpha value is -4.59. The minimum atomic E-state index is -1.16. The van der Waals surface area contributed by atoms with Gasteiger partial charge in [-0.1, -0.05) is 42.5 Å². The number of ether oxygens (including phenoxy) is 2. The Labute approximate surface area is 221 Å². The molecule has 2 heterocycles. The first-order valence-corrected chi connectivity index (χ1v) is 12.4. The summed E-state index contributed by atoms with van der Waals surface area (Å²) in [4.78, 5) is 29.3. The highest BCUT2D eigenvalue weighted by Gasteiger charge is 2.48. The summed E-state index contributed by atoms with van der Waals surface area (Å²) in [5.74, 6) is 0.971. The van der Waals surface area contributed by atoms with E-state index < -0.39 is 5.54 Å². The summed E-state index contributed by atoms with van der Waals surface area (Å²) in [5.41, 5.74) is 2.67. The monoisotopic (exact) mass is 510 g/mol. The number of methoxy groups -OCH3 is 2. The number of nitrogens with one attached hydrogen (secondary N) is 1. The van der Waals surface area contributed by atoms with E-state index in [9.17, 15) is 9.59 Å². The fourth-order valence-electron chi connectivity index (χ4n) is 4.67. The highest BCUT2D eigenvalue weighted by molar-refractivity contribution is 6.00. The molecule has 0 radical (unpaired) electrons. The predicted octanol–water partition coefficient (Wildman–Crippen LogP) is 4.30. The SMILES string of the molecule is COc1ccc(CN2C(=O)c3cc(-c4ccc(OC)cc4)nn3C[C@@]2(C)C(=O)NCc2ccccc2)cc1. The lowest BCUT2D eigenvalue weighted by atomic mass is 9.94. The van der Waals surface area contributed by atoms with Crippen molar-refractivity contribution >= 4 is 11.8 Å². The smallest absolute Gasteiger partial charge is 0.273 e. The highest BCUT2D eigenvalue weighted by Crippen LogP contribution is 2.32. The Balaban J connectivity index is 1.48. The van der Waals surface area contributed by atoms with Gasteiger partial charge in [0.15, 0.2) is 0 Å². The van der Waals surface area contributed by atoms with E-state index in [-0.39, 0.29) is 24.9 Å². The minimum Gasteiger partial charge on any atom is -0.497 e. The average molecular weight is 511 g/mol. The summed E-state index contributed by atoms with van der Waals surface area (Å²) in [7, 11) is 3.23. The van der Waals surface area contributed by atoms with E-state index in [1.807, 2.05) is 78.9 Å². The molecule has 0 spiro atoms. The molecular formula is C30H30N4O4. The van der Waals surface area contributed by atoms with Crippen molar-refractivity contribution in [1.82, 2.24) is 20.0 Å². The van der Waals surface area contributed by atoms with Crippen molar-refractivity contribution in [2.75, 3.05) is 14.2 Å². The quantitative estimate of drug-likeness (QED) is 0.382. The molecule has 0 saturated heterocycles. The lowest BCUT2D eigenvalue weighted by Gasteiger charge is -2.43. The summed E-state index contributed by atoms with van der Waals surface area (Å²) in [5, 5.41) is 7.76. The minimum absolute atomic E-state index is 0.223. The van der Waals surface area contributed by atoms with E-state index >= 15 is 0 Å². The van der Waals surface area contributed by atoms with E-state index in [0.717, 1.165) is 28.2 Å². The molecule has 1 aliphatic heterocycles. The summed E-state index contributed by atoms with van der Waals surface area (Å²) < 4.78 is 12.2. The number of hydrogen-bond acceptors (Lipinski definition) is 5. The first-order valence-electron chi connectivity index (χ1n) is 12.4. The second-order valence-electron chi connectivity index (χ2n) is 9.48. The Bertz CT molecular complexity index is 1430. The molecule has 0 unspecified atom stereocenters. The molecule has 3 aromatic carbocycles. The van der Waals surface area contributed by atoms with E-state index in [0.29, 0.717) is 17.9 Å². The van der Waals surface area contributed by atoms with Crippen LogP contribution >= 0.6 is 0 Å². The van der Waals surface area contributed by atoms with Gasteiger partial charge in [0.1, 0.15) is 22.7 Å². The van der Waals surface area contributed by atoms with Gasteiger partial charge in [0.05, 0.1) is 26.5 Å². The van der Waals surface area contributed by atoms with Gasteiger partial charge in [0.2, 0.25) is 5.91 Å². The van der Waals surface area contributed by atoms with Gasteiger partial charge in [-0.2, -0.15) is 5.10 Å². The predicted molar refractivity (Wildman–Crippen MR) is 144 cm³/mol. The topological polar surface area (TPSA) is 85.7 Å². The molecule has 5 rings (SSSR count). The van der Waals surface area contributed by atoms with Gasteiger partial charge in [0, 0.05) is 18.7 Å². The maximum atomic E-state index is 13.9. The van der Waals surface area contributed by atoms with E-state index in [4.69, 9.17) is 14.6 Å². The fraction of sp³-hybridized carbons (Fsp3) is 0.233. The van der Waals surface area contributed by atoms with Crippen molar-refractivity contribution in [3.8, 4) is 22.8 Å². The summed E-state index contributed by atoms with van der Waals surface area (Å²) in [6.45, 7) is 2.65. The number of hydrogen-bond donors (Lipinski definition) is 1. The normalized spacial score (nSPS) is 16.6. The summed E-state index contributed by atoms with van der Waals surface area (Å²) in [6.07, 6.45) is 0. The van der Waals surface area contributed by atoms with Gasteiger partial charge < -0.3 is 19.7 Å². The van der Waals surface area contributed by atoms with E-state index in [1.54, 1.807) is 36.8 Å². The van der Waals surface area contributed by atoms with Crippen molar-refractivity contribution in [2.45, 2.75) is 32.1 Å². The number of nitrogens with zero attached hydrogens (tertiary/aromatic N) is 3. The van der Waals surface area contributed by atoms with Crippen molar-refractivity contribution in [2.24, 2.45) is 0 Å². The molecule has 1 atom stereocenters. The highest BCUT2D eigenvalue weighted by atomic mass is 16.5. The first-order chi connectivity index (χ1) is 18.4. The molecule has 38 heavy (non-hydrogen) atoms. The summed E-state index contributed by atoms with van der Waals surface area (Å²) in [6, 6.07) is 26.5. The third-order valence-corrected chi connectivity index (χ3v) is 6.97. The van der Waals surface area contributed by atoms with Gasteiger partial charge in [-0.05, 0) is 60.5 Å². The summed E-state index contributed by atoms with van der Waals surface area (Å²) >= 11 is 0. The maximum Gasteiger partial charge on any atom is 0.273 e. The van der Waals surface area contributed by atoms with Gasteiger partial charge in [-0.15, -0.1) is 0 Å². The standard InChI is InChI=1S/C30H30N4O4/c1-30(29(36)31-18-21-7-5-4-6-8-21)20-34-27(17-26(32-34)23-11-15-25(38-3)16-12-23)28(35)33(30)19-22-9-13-24(37-2)14-10-22/h4-17H,18-20H2,1-3H3,(H,31,36)/t30-/m0/s1. The second-order valence-corrected chi connectivity index (χ2v) is 9.48. The van der Waals surface area contributed by atoms with Crippen LogP contribution < -0.4 is 14.8 Å². The van der Waals surface area contributed by atoms with E-state index in [2.05, 4.69) is 5.32 Å². The third-order valence-electron chi connectivity index (χ3n) is 6.97. The van der Waals surface area contributed by atoms with Crippen LogP contribution in [0.4, 0.5) is 0 Å². The number of amides is 2. The zero-order valence-corrected chi connectivity index (χ0v) is 21.7. The van der Waals surface area contributed by atoms with Gasteiger partial charge in [0.25, 0.3) is 5.91 Å². The van der Waals surface area contributed by atoms with Gasteiger partial charge in [-0.3, -0.25) is 14.3 Å². The largest absolute Gasteiger partial charge is 0.497 e. The molecule has 1 aliphatic rings. The van der Waals surface area contributed by atoms with Crippen molar-refractivity contribution in [3.63, 3.8) is 0 Å². The molecule has 8 nitrogen and oxygen atoms in total. The molecule has 0 saturated carbocycles.